The Labute approximate surface area is 116 Å². The first-order chi connectivity index (χ1) is 9.15. The molecule has 1 atom stereocenters. The zero-order valence-corrected chi connectivity index (χ0v) is 12.0. The van der Waals surface area contributed by atoms with Crippen molar-refractivity contribution in [2.45, 2.75) is 26.3 Å². The average Bonchev–Trinajstić information content (AvgIpc) is 2.88. The molecule has 2 aromatic rings. The topological polar surface area (TPSA) is 86.0 Å². The molecule has 2 rings (SSSR count). The number of anilines is 2. The van der Waals surface area contributed by atoms with Gasteiger partial charge >= 0.3 is 0 Å². The SMILES string of the molecule is CCc1cnc(C(C)Nc2ncnc(N)c2OC)s1. The average molecular weight is 279 g/mol. The van der Waals surface area contributed by atoms with Crippen LogP contribution in [0.5, 0.6) is 5.75 Å². The predicted octanol–water partition coefficient (Wildman–Crippen LogP) is 2.26. The minimum absolute atomic E-state index is 0.0356. The minimum atomic E-state index is 0.0356. The van der Waals surface area contributed by atoms with Gasteiger partial charge in [-0.2, -0.15) is 0 Å². The van der Waals surface area contributed by atoms with E-state index in [4.69, 9.17) is 10.5 Å². The van der Waals surface area contributed by atoms with Gasteiger partial charge in [0, 0.05) is 11.1 Å². The van der Waals surface area contributed by atoms with Crippen molar-refractivity contribution < 1.29 is 4.74 Å². The van der Waals surface area contributed by atoms with E-state index in [9.17, 15) is 0 Å². The lowest BCUT2D eigenvalue weighted by atomic mass is 10.3. The summed E-state index contributed by atoms with van der Waals surface area (Å²) in [4.78, 5) is 13.7. The van der Waals surface area contributed by atoms with E-state index in [2.05, 4.69) is 27.2 Å². The third kappa shape index (κ3) is 2.93. The van der Waals surface area contributed by atoms with Gasteiger partial charge in [0.25, 0.3) is 0 Å². The number of aromatic nitrogens is 3. The van der Waals surface area contributed by atoms with Crippen LogP contribution in [0.1, 0.15) is 29.8 Å². The lowest BCUT2D eigenvalue weighted by Gasteiger charge is -2.15. The maximum absolute atomic E-state index is 5.74. The van der Waals surface area contributed by atoms with Crippen LogP contribution in [0.25, 0.3) is 0 Å². The molecule has 0 fully saturated rings. The van der Waals surface area contributed by atoms with Crippen molar-refractivity contribution in [1.29, 1.82) is 0 Å². The number of aryl methyl sites for hydroxylation is 1. The van der Waals surface area contributed by atoms with E-state index in [-0.39, 0.29) is 6.04 Å². The number of nitrogens with zero attached hydrogens (tertiary/aromatic N) is 3. The third-order valence-electron chi connectivity index (χ3n) is 2.68. The molecule has 0 spiro atoms. The van der Waals surface area contributed by atoms with E-state index < -0.39 is 0 Å². The molecule has 0 radical (unpaired) electrons. The van der Waals surface area contributed by atoms with Crippen LogP contribution < -0.4 is 15.8 Å². The van der Waals surface area contributed by atoms with Crippen LogP contribution in [0.3, 0.4) is 0 Å². The first kappa shape index (κ1) is 13.5. The number of ether oxygens (including phenoxy) is 1. The van der Waals surface area contributed by atoms with Crippen LogP contribution in [0.2, 0.25) is 0 Å². The van der Waals surface area contributed by atoms with Gasteiger partial charge in [-0.25, -0.2) is 15.0 Å². The lowest BCUT2D eigenvalue weighted by molar-refractivity contribution is 0.415. The Bertz CT molecular complexity index is 557. The van der Waals surface area contributed by atoms with E-state index in [0.29, 0.717) is 17.4 Å². The number of rotatable bonds is 5. The fraction of sp³-hybridized carbons (Fsp3) is 0.417. The summed E-state index contributed by atoms with van der Waals surface area (Å²) in [5.74, 6) is 1.36. The van der Waals surface area contributed by atoms with Crippen molar-refractivity contribution in [3.05, 3.63) is 22.4 Å². The summed E-state index contributed by atoms with van der Waals surface area (Å²) in [7, 11) is 1.55. The van der Waals surface area contributed by atoms with E-state index in [1.54, 1.807) is 18.4 Å². The highest BCUT2D eigenvalue weighted by Crippen LogP contribution is 2.30. The molecule has 3 N–H and O–H groups in total. The molecule has 0 aliphatic rings. The van der Waals surface area contributed by atoms with Crippen LogP contribution in [0, 0.1) is 0 Å². The molecule has 0 aliphatic carbocycles. The van der Waals surface area contributed by atoms with Crippen molar-refractivity contribution in [3.63, 3.8) is 0 Å². The van der Waals surface area contributed by atoms with Crippen molar-refractivity contribution in [1.82, 2.24) is 15.0 Å². The first-order valence-corrected chi connectivity index (χ1v) is 6.83. The highest BCUT2D eigenvalue weighted by Gasteiger charge is 2.15. The molecular formula is C12H17N5OS. The fourth-order valence-electron chi connectivity index (χ4n) is 1.64. The summed E-state index contributed by atoms with van der Waals surface area (Å²) in [6, 6.07) is 0.0356. The number of nitrogens with one attached hydrogen (secondary N) is 1. The third-order valence-corrected chi connectivity index (χ3v) is 4.00. The van der Waals surface area contributed by atoms with E-state index >= 15 is 0 Å². The van der Waals surface area contributed by atoms with E-state index in [0.717, 1.165) is 11.4 Å². The predicted molar refractivity (Wildman–Crippen MR) is 76.5 cm³/mol. The van der Waals surface area contributed by atoms with Crippen molar-refractivity contribution in [3.8, 4) is 5.75 Å². The van der Waals surface area contributed by atoms with Gasteiger partial charge < -0.3 is 15.8 Å². The number of methoxy groups -OCH3 is 1. The second-order valence-corrected chi connectivity index (χ2v) is 5.17. The second-order valence-electron chi connectivity index (χ2n) is 4.03. The lowest BCUT2D eigenvalue weighted by Crippen LogP contribution is -2.10. The Kier molecular flexibility index (Phi) is 4.16. The van der Waals surface area contributed by atoms with Crippen LogP contribution in [0.15, 0.2) is 12.5 Å². The number of thiazole rings is 1. The summed E-state index contributed by atoms with van der Waals surface area (Å²) < 4.78 is 5.21. The van der Waals surface area contributed by atoms with Crippen molar-refractivity contribution >= 4 is 23.0 Å². The van der Waals surface area contributed by atoms with Gasteiger partial charge in [-0.15, -0.1) is 11.3 Å². The molecule has 0 saturated carbocycles. The van der Waals surface area contributed by atoms with Crippen LogP contribution >= 0.6 is 11.3 Å². The molecular weight excluding hydrogens is 262 g/mol. The summed E-state index contributed by atoms with van der Waals surface area (Å²) in [6.45, 7) is 4.14. The number of nitrogens with two attached hydrogens (primary N) is 1. The number of hydrogen-bond donors (Lipinski definition) is 2. The highest BCUT2D eigenvalue weighted by molar-refractivity contribution is 7.11. The molecule has 19 heavy (non-hydrogen) atoms. The molecule has 0 aromatic carbocycles. The molecule has 2 heterocycles. The number of hydrogen-bond acceptors (Lipinski definition) is 7. The molecule has 102 valence electrons. The smallest absolute Gasteiger partial charge is 0.203 e. The molecule has 0 amide bonds. The molecule has 2 aromatic heterocycles. The first-order valence-electron chi connectivity index (χ1n) is 6.01. The van der Waals surface area contributed by atoms with Crippen LogP contribution in [-0.2, 0) is 6.42 Å². The number of nitrogen functional groups attached to an aromatic ring is 1. The molecule has 6 nitrogen and oxygen atoms in total. The molecule has 7 heteroatoms. The Morgan fingerprint density at radius 2 is 2.21 bits per heavy atom. The molecule has 0 aliphatic heterocycles. The molecule has 0 bridgehead atoms. The Morgan fingerprint density at radius 3 is 2.84 bits per heavy atom. The Hall–Kier alpha value is -1.89. The summed E-state index contributed by atoms with van der Waals surface area (Å²) in [5, 5.41) is 4.26. The normalized spacial score (nSPS) is 12.2. The summed E-state index contributed by atoms with van der Waals surface area (Å²) >= 11 is 1.69. The van der Waals surface area contributed by atoms with Gasteiger partial charge in [0.15, 0.2) is 11.6 Å². The maximum atomic E-state index is 5.74. The van der Waals surface area contributed by atoms with Crippen molar-refractivity contribution in [2.24, 2.45) is 0 Å². The minimum Gasteiger partial charge on any atom is -0.490 e. The van der Waals surface area contributed by atoms with Crippen LogP contribution in [0.4, 0.5) is 11.6 Å². The van der Waals surface area contributed by atoms with Gasteiger partial charge in [0.1, 0.15) is 11.3 Å². The Balaban J connectivity index is 2.18. The van der Waals surface area contributed by atoms with E-state index in [1.807, 2.05) is 13.1 Å². The van der Waals surface area contributed by atoms with Gasteiger partial charge in [0.2, 0.25) is 5.75 Å². The van der Waals surface area contributed by atoms with Gasteiger partial charge in [0.05, 0.1) is 13.2 Å². The van der Waals surface area contributed by atoms with Gasteiger partial charge in [-0.05, 0) is 13.3 Å². The Morgan fingerprint density at radius 1 is 1.42 bits per heavy atom. The van der Waals surface area contributed by atoms with Crippen LogP contribution in [-0.4, -0.2) is 22.1 Å². The summed E-state index contributed by atoms with van der Waals surface area (Å²) in [5.41, 5.74) is 5.74. The zero-order chi connectivity index (χ0) is 13.8. The van der Waals surface area contributed by atoms with Crippen molar-refractivity contribution in [2.75, 3.05) is 18.2 Å². The highest BCUT2D eigenvalue weighted by atomic mass is 32.1. The van der Waals surface area contributed by atoms with Gasteiger partial charge in [-0.1, -0.05) is 6.92 Å². The largest absolute Gasteiger partial charge is 0.490 e. The van der Waals surface area contributed by atoms with Gasteiger partial charge in [-0.3, -0.25) is 0 Å². The standard InChI is InChI=1S/C12H17N5OS/c1-4-8-5-14-12(19-8)7(2)17-11-9(18-3)10(13)15-6-16-11/h5-7H,4H2,1-3H3,(H3,13,15,16,17). The second kappa shape index (κ2) is 5.83. The van der Waals surface area contributed by atoms with E-state index in [1.165, 1.54) is 11.2 Å². The quantitative estimate of drug-likeness (QED) is 0.873. The molecule has 0 saturated heterocycles. The zero-order valence-electron chi connectivity index (χ0n) is 11.2. The maximum Gasteiger partial charge on any atom is 0.203 e. The molecule has 1 unspecified atom stereocenters. The summed E-state index contributed by atoms with van der Waals surface area (Å²) in [6.07, 6.45) is 4.31. The fourth-order valence-corrected chi connectivity index (χ4v) is 2.50. The monoisotopic (exact) mass is 279 g/mol.